The van der Waals surface area contributed by atoms with Gasteiger partial charge >= 0.3 is 5.97 Å². The van der Waals surface area contributed by atoms with Crippen molar-refractivity contribution < 1.29 is 19.4 Å². The van der Waals surface area contributed by atoms with Crippen LogP contribution in [-0.2, 0) is 4.79 Å². The summed E-state index contributed by atoms with van der Waals surface area (Å²) in [5.41, 5.74) is 1.26. The van der Waals surface area contributed by atoms with E-state index >= 15 is 0 Å². The van der Waals surface area contributed by atoms with Crippen LogP contribution in [0.4, 0.5) is 0 Å². The number of ether oxygens (including phenoxy) is 1. The lowest BCUT2D eigenvalue weighted by atomic mass is 10.2. The molecule has 122 valence electrons. The Kier molecular flexibility index (Phi) is 6.10. The summed E-state index contributed by atoms with van der Waals surface area (Å²) in [4.78, 5) is 26.7. The molecule has 0 saturated carbocycles. The van der Waals surface area contributed by atoms with Gasteiger partial charge in [-0.05, 0) is 37.6 Å². The van der Waals surface area contributed by atoms with Crippen LogP contribution in [0.15, 0.2) is 29.6 Å². The van der Waals surface area contributed by atoms with Crippen LogP contribution in [-0.4, -0.2) is 35.1 Å². The van der Waals surface area contributed by atoms with Gasteiger partial charge in [-0.15, -0.1) is 11.3 Å². The number of hydrogen-bond acceptors (Lipinski definition) is 5. The maximum absolute atomic E-state index is 11.9. The minimum Gasteiger partial charge on any atom is -0.494 e. The number of rotatable bonds is 8. The van der Waals surface area contributed by atoms with Gasteiger partial charge in [0, 0.05) is 23.9 Å². The monoisotopic (exact) mass is 334 g/mol. The number of hydrogen-bond donors (Lipinski definition) is 2. The van der Waals surface area contributed by atoms with E-state index in [1.54, 1.807) is 5.38 Å². The summed E-state index contributed by atoms with van der Waals surface area (Å²) in [6, 6.07) is 7.54. The van der Waals surface area contributed by atoms with Crippen LogP contribution in [0.5, 0.6) is 5.75 Å². The maximum atomic E-state index is 11.9. The van der Waals surface area contributed by atoms with Crippen LogP contribution in [0.1, 0.15) is 30.3 Å². The summed E-state index contributed by atoms with van der Waals surface area (Å²) in [6.07, 6.45) is 0.436. The van der Waals surface area contributed by atoms with Crippen LogP contribution in [0.25, 0.3) is 10.6 Å². The number of nitrogens with one attached hydrogen (secondary N) is 1. The number of carbonyl (C=O) groups excluding carboxylic acids is 1. The van der Waals surface area contributed by atoms with Gasteiger partial charge in [0.25, 0.3) is 5.91 Å². The fraction of sp³-hybridized carbons (Fsp3) is 0.312. The Morgan fingerprint density at radius 1 is 1.30 bits per heavy atom. The van der Waals surface area contributed by atoms with Crippen molar-refractivity contribution in [1.82, 2.24) is 10.3 Å². The standard InChI is InChI=1S/C16H18N2O4S/c1-2-22-12-7-5-11(6-8-12)16-18-13(10-23-16)15(21)17-9-3-4-14(19)20/h5-8,10H,2-4,9H2,1H3,(H,17,21)(H,19,20). The third-order valence-corrected chi connectivity index (χ3v) is 3.89. The lowest BCUT2D eigenvalue weighted by Gasteiger charge is -2.03. The van der Waals surface area contributed by atoms with Crippen molar-refractivity contribution >= 4 is 23.2 Å². The van der Waals surface area contributed by atoms with E-state index in [0.29, 0.717) is 25.3 Å². The van der Waals surface area contributed by atoms with E-state index in [-0.39, 0.29) is 12.3 Å². The second-order valence-corrected chi connectivity index (χ2v) is 5.61. The number of nitrogens with zero attached hydrogens (tertiary/aromatic N) is 1. The van der Waals surface area contributed by atoms with Crippen molar-refractivity contribution in [2.75, 3.05) is 13.2 Å². The van der Waals surface area contributed by atoms with Gasteiger partial charge in [0.2, 0.25) is 0 Å². The van der Waals surface area contributed by atoms with Crippen LogP contribution >= 0.6 is 11.3 Å². The van der Waals surface area contributed by atoms with Crippen LogP contribution in [0, 0.1) is 0 Å². The van der Waals surface area contributed by atoms with Gasteiger partial charge < -0.3 is 15.2 Å². The zero-order chi connectivity index (χ0) is 16.7. The lowest BCUT2D eigenvalue weighted by molar-refractivity contribution is -0.137. The molecule has 0 atom stereocenters. The molecule has 0 bridgehead atoms. The van der Waals surface area contributed by atoms with E-state index in [9.17, 15) is 9.59 Å². The number of carboxylic acids is 1. The highest BCUT2D eigenvalue weighted by atomic mass is 32.1. The van der Waals surface area contributed by atoms with Gasteiger partial charge in [0.05, 0.1) is 6.61 Å². The van der Waals surface area contributed by atoms with Gasteiger partial charge in [-0.2, -0.15) is 0 Å². The van der Waals surface area contributed by atoms with E-state index in [0.717, 1.165) is 16.3 Å². The molecule has 6 nitrogen and oxygen atoms in total. The van der Waals surface area contributed by atoms with Gasteiger partial charge in [0.1, 0.15) is 16.5 Å². The number of aromatic nitrogens is 1. The fourth-order valence-electron chi connectivity index (χ4n) is 1.90. The molecule has 1 heterocycles. The molecular weight excluding hydrogens is 316 g/mol. The summed E-state index contributed by atoms with van der Waals surface area (Å²) in [7, 11) is 0. The fourth-order valence-corrected chi connectivity index (χ4v) is 2.71. The molecule has 1 aromatic heterocycles. The van der Waals surface area contributed by atoms with Crippen LogP contribution in [0.2, 0.25) is 0 Å². The molecule has 23 heavy (non-hydrogen) atoms. The SMILES string of the molecule is CCOc1ccc(-c2nc(C(=O)NCCCC(=O)O)cs2)cc1. The highest BCUT2D eigenvalue weighted by Crippen LogP contribution is 2.25. The van der Waals surface area contributed by atoms with Crippen LogP contribution in [0.3, 0.4) is 0 Å². The Bertz CT molecular complexity index is 667. The molecule has 0 aliphatic heterocycles. The number of carbonyl (C=O) groups is 2. The van der Waals surface area contributed by atoms with Crippen molar-refractivity contribution in [1.29, 1.82) is 0 Å². The predicted molar refractivity (Wildman–Crippen MR) is 87.9 cm³/mol. The molecule has 0 radical (unpaired) electrons. The van der Waals surface area contributed by atoms with E-state index in [2.05, 4.69) is 10.3 Å². The van der Waals surface area contributed by atoms with E-state index in [1.807, 2.05) is 31.2 Å². The van der Waals surface area contributed by atoms with E-state index in [4.69, 9.17) is 9.84 Å². The van der Waals surface area contributed by atoms with Gasteiger partial charge in [-0.1, -0.05) is 0 Å². The predicted octanol–water partition coefficient (Wildman–Crippen LogP) is 2.80. The number of carboxylic acid groups (broad SMARTS) is 1. The first-order valence-electron chi connectivity index (χ1n) is 7.29. The molecule has 0 aliphatic carbocycles. The van der Waals surface area contributed by atoms with Crippen molar-refractivity contribution in [2.45, 2.75) is 19.8 Å². The summed E-state index contributed by atoms with van der Waals surface area (Å²) in [5.74, 6) is -0.362. The second-order valence-electron chi connectivity index (χ2n) is 4.75. The summed E-state index contributed by atoms with van der Waals surface area (Å²) >= 11 is 1.39. The Balaban J connectivity index is 1.94. The highest BCUT2D eigenvalue weighted by Gasteiger charge is 2.11. The quantitative estimate of drug-likeness (QED) is 0.725. The molecule has 1 aromatic carbocycles. The van der Waals surface area contributed by atoms with Gasteiger partial charge in [0.15, 0.2) is 0 Å². The van der Waals surface area contributed by atoms with Crippen molar-refractivity contribution in [3.05, 3.63) is 35.3 Å². The van der Waals surface area contributed by atoms with E-state index in [1.165, 1.54) is 11.3 Å². The Morgan fingerprint density at radius 2 is 2.04 bits per heavy atom. The molecule has 0 unspecified atom stereocenters. The van der Waals surface area contributed by atoms with E-state index < -0.39 is 5.97 Å². The molecule has 0 saturated heterocycles. The zero-order valence-corrected chi connectivity index (χ0v) is 13.6. The van der Waals surface area contributed by atoms with Crippen molar-refractivity contribution in [3.63, 3.8) is 0 Å². The molecule has 2 N–H and O–H groups in total. The molecule has 0 aliphatic rings. The summed E-state index contributed by atoms with van der Waals surface area (Å²) in [6.45, 7) is 2.86. The smallest absolute Gasteiger partial charge is 0.303 e. The normalized spacial score (nSPS) is 10.3. The van der Waals surface area contributed by atoms with Gasteiger partial charge in [-0.3, -0.25) is 9.59 Å². The minimum atomic E-state index is -0.870. The Hall–Kier alpha value is -2.41. The first-order valence-corrected chi connectivity index (χ1v) is 8.17. The molecular formula is C16H18N2O4S. The van der Waals surface area contributed by atoms with Crippen molar-refractivity contribution in [2.24, 2.45) is 0 Å². The first-order chi connectivity index (χ1) is 11.1. The summed E-state index contributed by atoms with van der Waals surface area (Å²) < 4.78 is 5.39. The Morgan fingerprint density at radius 3 is 2.70 bits per heavy atom. The molecule has 0 fully saturated rings. The third-order valence-electron chi connectivity index (χ3n) is 3.00. The minimum absolute atomic E-state index is 0.0365. The largest absolute Gasteiger partial charge is 0.494 e. The zero-order valence-electron chi connectivity index (χ0n) is 12.7. The van der Waals surface area contributed by atoms with Gasteiger partial charge in [-0.25, -0.2) is 4.98 Å². The molecule has 2 rings (SSSR count). The average Bonchev–Trinajstić information content (AvgIpc) is 3.02. The topological polar surface area (TPSA) is 88.5 Å². The number of benzene rings is 1. The number of thiazole rings is 1. The second kappa shape index (κ2) is 8.28. The first kappa shape index (κ1) is 17.0. The number of amides is 1. The molecule has 0 spiro atoms. The van der Waals surface area contributed by atoms with Crippen LogP contribution < -0.4 is 10.1 Å². The molecule has 1 amide bonds. The molecule has 2 aromatic rings. The Labute approximate surface area is 138 Å². The third kappa shape index (κ3) is 5.07. The lowest BCUT2D eigenvalue weighted by Crippen LogP contribution is -2.25. The summed E-state index contributed by atoms with van der Waals surface area (Å²) in [5, 5.41) is 13.7. The number of aliphatic carboxylic acids is 1. The average molecular weight is 334 g/mol. The maximum Gasteiger partial charge on any atom is 0.303 e. The van der Waals surface area contributed by atoms with Crippen molar-refractivity contribution in [3.8, 4) is 16.3 Å². The molecule has 7 heteroatoms. The highest BCUT2D eigenvalue weighted by molar-refractivity contribution is 7.13.